The van der Waals surface area contributed by atoms with Gasteiger partial charge in [-0.1, -0.05) is 58.7 Å². The van der Waals surface area contributed by atoms with Crippen molar-refractivity contribution >= 4 is 27.5 Å². The minimum Gasteiger partial charge on any atom is -0.487 e. The first-order chi connectivity index (χ1) is 9.60. The molecule has 0 radical (unpaired) electrons. The lowest BCUT2D eigenvalue weighted by Crippen LogP contribution is -2.08. The predicted octanol–water partition coefficient (Wildman–Crippen LogP) is 4.74. The van der Waals surface area contributed by atoms with Crippen LogP contribution in [-0.4, -0.2) is 6.54 Å². The van der Waals surface area contributed by atoms with Gasteiger partial charge in [0.15, 0.2) is 0 Å². The highest BCUT2D eigenvalue weighted by atomic mass is 79.9. The third kappa shape index (κ3) is 3.98. The number of hydrogen-bond acceptors (Lipinski definition) is 2. The van der Waals surface area contributed by atoms with Gasteiger partial charge in [-0.05, 0) is 41.8 Å². The van der Waals surface area contributed by atoms with E-state index in [2.05, 4.69) is 47.1 Å². The first kappa shape index (κ1) is 15.4. The molecule has 0 aliphatic heterocycles. The SMILES string of the molecule is CC(CN)c1ccc(COc2cc(Br)ccc2Cl)cc1. The van der Waals surface area contributed by atoms with E-state index in [0.717, 1.165) is 10.0 Å². The van der Waals surface area contributed by atoms with Crippen LogP contribution in [0.2, 0.25) is 5.02 Å². The summed E-state index contributed by atoms with van der Waals surface area (Å²) in [5, 5.41) is 0.613. The van der Waals surface area contributed by atoms with Crippen LogP contribution >= 0.6 is 27.5 Å². The maximum Gasteiger partial charge on any atom is 0.139 e. The maximum atomic E-state index is 6.09. The molecule has 4 heteroatoms. The van der Waals surface area contributed by atoms with Gasteiger partial charge >= 0.3 is 0 Å². The molecule has 0 fully saturated rings. The molecule has 0 saturated carbocycles. The summed E-state index contributed by atoms with van der Waals surface area (Å²) in [6.07, 6.45) is 0. The summed E-state index contributed by atoms with van der Waals surface area (Å²) in [6, 6.07) is 13.9. The van der Waals surface area contributed by atoms with Crippen LogP contribution in [0.3, 0.4) is 0 Å². The summed E-state index contributed by atoms with van der Waals surface area (Å²) < 4.78 is 6.69. The van der Waals surface area contributed by atoms with Crippen molar-refractivity contribution in [2.45, 2.75) is 19.4 Å². The molecule has 2 aromatic carbocycles. The fourth-order valence-corrected chi connectivity index (χ4v) is 2.34. The number of hydrogen-bond donors (Lipinski definition) is 1. The van der Waals surface area contributed by atoms with E-state index in [1.807, 2.05) is 18.2 Å². The van der Waals surface area contributed by atoms with Crippen molar-refractivity contribution in [2.24, 2.45) is 5.73 Å². The molecule has 2 nitrogen and oxygen atoms in total. The summed E-state index contributed by atoms with van der Waals surface area (Å²) in [5.74, 6) is 1.06. The van der Waals surface area contributed by atoms with Crippen molar-refractivity contribution in [1.29, 1.82) is 0 Å². The lowest BCUT2D eigenvalue weighted by molar-refractivity contribution is 0.306. The number of nitrogens with two attached hydrogens (primary N) is 1. The van der Waals surface area contributed by atoms with E-state index in [9.17, 15) is 0 Å². The monoisotopic (exact) mass is 353 g/mol. The van der Waals surface area contributed by atoms with Gasteiger partial charge in [0.05, 0.1) is 5.02 Å². The molecule has 0 amide bonds. The highest BCUT2D eigenvalue weighted by Gasteiger charge is 2.05. The highest BCUT2D eigenvalue weighted by Crippen LogP contribution is 2.28. The smallest absolute Gasteiger partial charge is 0.139 e. The number of rotatable bonds is 5. The number of halogens is 2. The molecule has 2 N–H and O–H groups in total. The zero-order valence-corrected chi connectivity index (χ0v) is 13.6. The lowest BCUT2D eigenvalue weighted by Gasteiger charge is -2.11. The molecular weight excluding hydrogens is 338 g/mol. The van der Waals surface area contributed by atoms with E-state index in [-0.39, 0.29) is 0 Å². The third-order valence-electron chi connectivity index (χ3n) is 3.19. The molecule has 2 aromatic rings. The lowest BCUT2D eigenvalue weighted by atomic mass is 10.0. The molecule has 1 atom stereocenters. The molecule has 20 heavy (non-hydrogen) atoms. The van der Waals surface area contributed by atoms with E-state index in [4.69, 9.17) is 22.1 Å². The van der Waals surface area contributed by atoms with Crippen LogP contribution in [0.25, 0.3) is 0 Å². The van der Waals surface area contributed by atoms with Gasteiger partial charge in [-0.3, -0.25) is 0 Å². The van der Waals surface area contributed by atoms with Crippen molar-refractivity contribution in [3.05, 3.63) is 63.1 Å². The topological polar surface area (TPSA) is 35.2 Å². The van der Waals surface area contributed by atoms with Gasteiger partial charge in [0.1, 0.15) is 12.4 Å². The summed E-state index contributed by atoms with van der Waals surface area (Å²) in [7, 11) is 0. The van der Waals surface area contributed by atoms with Crippen molar-refractivity contribution < 1.29 is 4.74 Å². The quantitative estimate of drug-likeness (QED) is 0.841. The highest BCUT2D eigenvalue weighted by molar-refractivity contribution is 9.10. The molecule has 0 heterocycles. The van der Waals surface area contributed by atoms with Crippen LogP contribution in [0.15, 0.2) is 46.9 Å². The molecule has 0 aliphatic rings. The minimum atomic E-state index is 0.379. The Morgan fingerprint density at radius 1 is 1.20 bits per heavy atom. The molecule has 0 spiro atoms. The molecule has 0 aromatic heterocycles. The Morgan fingerprint density at radius 2 is 1.90 bits per heavy atom. The van der Waals surface area contributed by atoms with Gasteiger partial charge < -0.3 is 10.5 Å². The minimum absolute atomic E-state index is 0.379. The zero-order chi connectivity index (χ0) is 14.5. The maximum absolute atomic E-state index is 6.09. The summed E-state index contributed by atoms with van der Waals surface area (Å²) >= 11 is 9.49. The Balaban J connectivity index is 2.02. The number of ether oxygens (including phenoxy) is 1. The summed E-state index contributed by atoms with van der Waals surface area (Å²) in [6.45, 7) is 3.27. The standard InChI is InChI=1S/C16H17BrClNO/c1-11(9-19)13-4-2-12(3-5-13)10-20-16-8-14(17)6-7-15(16)18/h2-8,11H,9-10,19H2,1H3. The second-order valence-corrected chi connectivity index (χ2v) is 6.06. The first-order valence-corrected chi connectivity index (χ1v) is 7.64. The first-order valence-electron chi connectivity index (χ1n) is 6.47. The van der Waals surface area contributed by atoms with Crippen molar-refractivity contribution in [1.82, 2.24) is 0 Å². The molecular formula is C16H17BrClNO. The second kappa shape index (κ2) is 7.11. The predicted molar refractivity (Wildman–Crippen MR) is 87.4 cm³/mol. The largest absolute Gasteiger partial charge is 0.487 e. The molecule has 0 saturated heterocycles. The van der Waals surface area contributed by atoms with Crippen LogP contribution in [-0.2, 0) is 6.61 Å². The van der Waals surface area contributed by atoms with E-state index in [0.29, 0.717) is 29.8 Å². The van der Waals surface area contributed by atoms with E-state index in [1.165, 1.54) is 5.56 Å². The average molecular weight is 355 g/mol. The Bertz CT molecular complexity index is 571. The molecule has 0 bridgehead atoms. The van der Waals surface area contributed by atoms with Crippen LogP contribution in [0.5, 0.6) is 5.75 Å². The van der Waals surface area contributed by atoms with Gasteiger partial charge in [-0.25, -0.2) is 0 Å². The Morgan fingerprint density at radius 3 is 2.55 bits per heavy atom. The van der Waals surface area contributed by atoms with Crippen LogP contribution < -0.4 is 10.5 Å². The Labute approximate surface area is 133 Å². The molecule has 0 aliphatic carbocycles. The molecule has 106 valence electrons. The zero-order valence-electron chi connectivity index (χ0n) is 11.3. The normalized spacial score (nSPS) is 12.2. The van der Waals surface area contributed by atoms with Gasteiger partial charge in [0, 0.05) is 4.47 Å². The Kier molecular flexibility index (Phi) is 5.46. The van der Waals surface area contributed by atoms with Crippen LogP contribution in [0.4, 0.5) is 0 Å². The fraction of sp³-hybridized carbons (Fsp3) is 0.250. The van der Waals surface area contributed by atoms with E-state index < -0.39 is 0 Å². The van der Waals surface area contributed by atoms with E-state index >= 15 is 0 Å². The van der Waals surface area contributed by atoms with E-state index in [1.54, 1.807) is 0 Å². The summed E-state index contributed by atoms with van der Waals surface area (Å²) in [4.78, 5) is 0. The molecule has 1 unspecified atom stereocenters. The van der Waals surface area contributed by atoms with Crippen LogP contribution in [0, 0.1) is 0 Å². The van der Waals surface area contributed by atoms with Crippen molar-refractivity contribution in [2.75, 3.05) is 6.54 Å². The molecule has 2 rings (SSSR count). The fourth-order valence-electron chi connectivity index (χ4n) is 1.83. The Hall–Kier alpha value is -1.03. The third-order valence-corrected chi connectivity index (χ3v) is 4.00. The van der Waals surface area contributed by atoms with Gasteiger partial charge in [-0.15, -0.1) is 0 Å². The average Bonchev–Trinajstić information content (AvgIpc) is 2.48. The van der Waals surface area contributed by atoms with Crippen molar-refractivity contribution in [3.63, 3.8) is 0 Å². The van der Waals surface area contributed by atoms with Gasteiger partial charge in [-0.2, -0.15) is 0 Å². The van der Waals surface area contributed by atoms with Gasteiger partial charge in [0.25, 0.3) is 0 Å². The van der Waals surface area contributed by atoms with Crippen molar-refractivity contribution in [3.8, 4) is 5.75 Å². The number of benzene rings is 2. The summed E-state index contributed by atoms with van der Waals surface area (Å²) in [5.41, 5.74) is 8.02. The van der Waals surface area contributed by atoms with Crippen LogP contribution in [0.1, 0.15) is 24.0 Å². The second-order valence-electron chi connectivity index (χ2n) is 4.74. The van der Waals surface area contributed by atoms with Gasteiger partial charge in [0.2, 0.25) is 0 Å².